The molecule has 2 unspecified atom stereocenters. The first-order valence-electron chi connectivity index (χ1n) is 21.0. The largest absolute Gasteiger partial charge is 0.465 e. The molecule has 3 fully saturated rings. The highest BCUT2D eigenvalue weighted by Crippen LogP contribution is 2.42. The van der Waals surface area contributed by atoms with Crippen LogP contribution in [0.4, 0.5) is 4.79 Å². The van der Waals surface area contributed by atoms with E-state index in [-0.39, 0.29) is 60.0 Å². The summed E-state index contributed by atoms with van der Waals surface area (Å²) >= 11 is 0. The van der Waals surface area contributed by atoms with Crippen molar-refractivity contribution in [3.05, 3.63) is 53.9 Å². The molecule has 58 heavy (non-hydrogen) atoms. The molecule has 11 atom stereocenters. The Labute approximate surface area is 342 Å². The zero-order chi connectivity index (χ0) is 42.3. The molecule has 1 aliphatic carbocycles. The molecule has 3 aliphatic rings. The summed E-state index contributed by atoms with van der Waals surface area (Å²) in [5.41, 5.74) is 1.77. The number of H-pyrrole nitrogens is 1. The van der Waals surface area contributed by atoms with Crippen molar-refractivity contribution in [2.45, 2.75) is 134 Å². The van der Waals surface area contributed by atoms with Gasteiger partial charge in [0, 0.05) is 40.1 Å². The lowest BCUT2D eigenvalue weighted by molar-refractivity contribution is -0.148. The number of carbonyl (C=O) groups is 5. The van der Waals surface area contributed by atoms with Crippen LogP contribution in [0.1, 0.15) is 96.9 Å². The van der Waals surface area contributed by atoms with Crippen LogP contribution >= 0.6 is 0 Å². The molecule has 2 bridgehead atoms. The van der Waals surface area contributed by atoms with Gasteiger partial charge in [-0.25, -0.2) is 4.79 Å². The normalized spacial score (nSPS) is 23.8. The molecular weight excluding hydrogens is 743 g/mol. The van der Waals surface area contributed by atoms with Crippen molar-refractivity contribution >= 4 is 29.7 Å². The first kappa shape index (κ1) is 44.6. The molecule has 15 nitrogen and oxygen atoms in total. The summed E-state index contributed by atoms with van der Waals surface area (Å²) in [5.74, 6) is -2.17. The number of nitrogens with one attached hydrogen (secondary N) is 3. The average molecular weight is 808 g/mol. The van der Waals surface area contributed by atoms with Gasteiger partial charge >= 0.3 is 6.09 Å². The number of methoxy groups -OCH3 is 2. The molecule has 1 aromatic carbocycles. The van der Waals surface area contributed by atoms with Crippen LogP contribution in [-0.2, 0) is 35.1 Å². The van der Waals surface area contributed by atoms with Crippen LogP contribution in [0.5, 0.6) is 0 Å². The number of carboxylic acid groups (broad SMARTS) is 1. The number of ether oxygens (including phenoxy) is 2. The third kappa shape index (κ3) is 9.85. The number of carbonyl (C=O) groups excluding carboxylic acids is 4. The fourth-order valence-electron chi connectivity index (χ4n) is 9.73. The van der Waals surface area contributed by atoms with Crippen LogP contribution in [-0.4, -0.2) is 130 Å². The third-order valence-corrected chi connectivity index (χ3v) is 13.0. The fourth-order valence-corrected chi connectivity index (χ4v) is 9.73. The van der Waals surface area contributed by atoms with Crippen LogP contribution in [0.25, 0.3) is 0 Å². The average Bonchev–Trinajstić information content (AvgIpc) is 4.05. The minimum Gasteiger partial charge on any atom is -0.465 e. The molecule has 1 aromatic heterocycles. The maximum Gasteiger partial charge on any atom is 0.408 e. The summed E-state index contributed by atoms with van der Waals surface area (Å²) in [6.45, 7) is 10.1. The lowest BCUT2D eigenvalue weighted by atomic mass is 9.89. The number of likely N-dealkylation sites (tertiary alicyclic amines) is 2. The maximum atomic E-state index is 14.4. The molecule has 0 radical (unpaired) electrons. The van der Waals surface area contributed by atoms with Crippen LogP contribution in [0.15, 0.2) is 42.6 Å². The topological polar surface area (TPSA) is 186 Å². The van der Waals surface area contributed by atoms with Gasteiger partial charge in [0.1, 0.15) is 12.1 Å². The Morgan fingerprint density at radius 2 is 1.72 bits per heavy atom. The van der Waals surface area contributed by atoms with Gasteiger partial charge in [-0.15, -0.1) is 0 Å². The molecule has 5 rings (SSSR count). The Morgan fingerprint density at radius 1 is 1.00 bits per heavy atom. The van der Waals surface area contributed by atoms with Gasteiger partial charge in [0.05, 0.1) is 48.4 Å². The van der Waals surface area contributed by atoms with Crippen LogP contribution < -0.4 is 10.6 Å². The van der Waals surface area contributed by atoms with Crippen molar-refractivity contribution < 1.29 is 38.6 Å². The molecule has 15 heteroatoms. The monoisotopic (exact) mass is 807 g/mol. The molecule has 4 N–H and O–H groups in total. The van der Waals surface area contributed by atoms with Crippen LogP contribution in [0, 0.1) is 23.7 Å². The Kier molecular flexibility index (Phi) is 15.4. The molecule has 2 saturated heterocycles. The Morgan fingerprint density at radius 3 is 2.33 bits per heavy atom. The Bertz CT molecular complexity index is 1690. The van der Waals surface area contributed by atoms with E-state index in [4.69, 9.17) is 9.47 Å². The summed E-state index contributed by atoms with van der Waals surface area (Å²) < 4.78 is 12.1. The number of hydrogen-bond donors (Lipinski definition) is 4. The summed E-state index contributed by atoms with van der Waals surface area (Å²) in [6.07, 6.45) is 4.18. The maximum absolute atomic E-state index is 14.4. The number of benzene rings is 1. The van der Waals surface area contributed by atoms with Gasteiger partial charge in [-0.1, -0.05) is 71.4 Å². The molecule has 1 saturated carbocycles. The minimum atomic E-state index is -1.12. The van der Waals surface area contributed by atoms with Gasteiger partial charge in [-0.3, -0.25) is 29.2 Å². The van der Waals surface area contributed by atoms with E-state index in [2.05, 4.69) is 20.8 Å². The van der Waals surface area contributed by atoms with E-state index in [1.54, 1.807) is 37.3 Å². The molecule has 320 valence electrons. The van der Waals surface area contributed by atoms with Gasteiger partial charge in [-0.05, 0) is 67.9 Å². The quantitative estimate of drug-likeness (QED) is 0.160. The summed E-state index contributed by atoms with van der Waals surface area (Å²) in [5, 5.41) is 23.2. The van der Waals surface area contributed by atoms with Gasteiger partial charge in [0.15, 0.2) is 0 Å². The zero-order valence-electron chi connectivity index (χ0n) is 35.4. The van der Waals surface area contributed by atoms with Crippen molar-refractivity contribution in [3.63, 3.8) is 0 Å². The molecule has 2 aromatic rings. The number of amides is 5. The van der Waals surface area contributed by atoms with Crippen molar-refractivity contribution in [1.29, 1.82) is 0 Å². The lowest BCUT2D eigenvalue weighted by Gasteiger charge is -2.41. The van der Waals surface area contributed by atoms with Gasteiger partial charge in [0.2, 0.25) is 23.6 Å². The van der Waals surface area contributed by atoms with Crippen molar-refractivity contribution in [2.75, 3.05) is 27.8 Å². The van der Waals surface area contributed by atoms with E-state index in [0.717, 1.165) is 24.8 Å². The summed E-state index contributed by atoms with van der Waals surface area (Å²) in [4.78, 5) is 73.1. The lowest BCUT2D eigenvalue weighted by Crippen LogP contribution is -2.60. The standard InChI is InChI=1S/C43H65N7O8/c1-9-26(4)37(48(6)42(54)36(25(2)3)46-41(53)38-29-17-18-30(23-29)50(38)43(55)56)34(57-7)24-35(51)49-21-13-16-33(49)39(58-8)27(5)40(52)45-32(31-19-20-44-47-31)22-28-14-11-10-12-15-28/h10-12,14-15,19-20,25-27,29-30,32-34,36-39H,9,13,16-18,21-24H2,1-8H3,(H,44,47)(H,45,52)(H,46,53)(H,55,56)/t26-,27+,29-,30+,32-,33?,34+,36?,37-,38-,39+/m0/s1. The highest BCUT2D eigenvalue weighted by atomic mass is 16.5. The first-order valence-corrected chi connectivity index (χ1v) is 21.0. The number of fused-ring (bicyclic) bond motifs is 2. The number of hydrogen-bond acceptors (Lipinski definition) is 8. The Hall–Kier alpha value is -4.50. The number of aromatic amines is 1. The van der Waals surface area contributed by atoms with E-state index in [9.17, 15) is 29.1 Å². The SMILES string of the molecule is CC[C@H](C)[C@@H]([C@@H](CC(=O)N1CCCC1[C@H](OC)[C@@H](C)C(=O)N[C@@H](Cc1ccccc1)c1cc[nH]n1)OC)N(C)C(=O)C(NC(=O)[C@@H]1[C@H]2CC[C@H](C2)N1C(=O)O)C(C)C. The van der Waals surface area contributed by atoms with E-state index < -0.39 is 48.3 Å². The number of rotatable bonds is 19. The predicted octanol–water partition coefficient (Wildman–Crippen LogP) is 4.40. The van der Waals surface area contributed by atoms with E-state index in [0.29, 0.717) is 37.9 Å². The third-order valence-electron chi connectivity index (χ3n) is 13.0. The number of likely N-dealkylation sites (N-methyl/N-ethyl adjacent to an activating group) is 1. The van der Waals surface area contributed by atoms with Gasteiger partial charge in [0.25, 0.3) is 0 Å². The molecule has 5 amide bonds. The Balaban J connectivity index is 1.28. The smallest absolute Gasteiger partial charge is 0.408 e. The van der Waals surface area contributed by atoms with Crippen molar-refractivity contribution in [1.82, 2.24) is 35.5 Å². The highest BCUT2D eigenvalue weighted by molar-refractivity contribution is 5.92. The molecule has 2 aliphatic heterocycles. The van der Waals surface area contributed by atoms with Crippen molar-refractivity contribution in [3.8, 4) is 0 Å². The van der Waals surface area contributed by atoms with E-state index in [1.807, 2.05) is 71.0 Å². The predicted molar refractivity (Wildman–Crippen MR) is 217 cm³/mol. The molecule has 3 heterocycles. The van der Waals surface area contributed by atoms with Crippen molar-refractivity contribution in [2.24, 2.45) is 23.7 Å². The van der Waals surface area contributed by atoms with E-state index >= 15 is 0 Å². The highest BCUT2D eigenvalue weighted by Gasteiger charge is 2.52. The second-order valence-electron chi connectivity index (χ2n) is 16.9. The first-order chi connectivity index (χ1) is 27.7. The second-order valence-corrected chi connectivity index (χ2v) is 16.9. The summed E-state index contributed by atoms with van der Waals surface area (Å²) in [6, 6.07) is 8.59. The minimum absolute atomic E-state index is 0.00757. The van der Waals surface area contributed by atoms with Gasteiger partial charge < -0.3 is 35.0 Å². The number of nitrogens with zero attached hydrogens (tertiary/aromatic N) is 4. The fraction of sp³-hybridized carbons (Fsp3) is 0.674. The summed E-state index contributed by atoms with van der Waals surface area (Å²) in [7, 11) is 4.80. The number of aromatic nitrogens is 2. The molecule has 0 spiro atoms. The van der Waals surface area contributed by atoms with Crippen LogP contribution in [0.2, 0.25) is 0 Å². The zero-order valence-corrected chi connectivity index (χ0v) is 35.4. The molecular formula is C43H65N7O8. The van der Waals surface area contributed by atoms with Gasteiger partial charge in [-0.2, -0.15) is 5.10 Å². The van der Waals surface area contributed by atoms with E-state index in [1.165, 1.54) is 4.90 Å². The number of piperidine rings is 1. The van der Waals surface area contributed by atoms with Crippen LogP contribution in [0.3, 0.4) is 0 Å². The second kappa shape index (κ2) is 20.0.